The van der Waals surface area contributed by atoms with Gasteiger partial charge in [0.1, 0.15) is 0 Å². The highest BCUT2D eigenvalue weighted by Crippen LogP contribution is 2.18. The number of hydrogen-bond donors (Lipinski definition) is 0. The van der Waals surface area contributed by atoms with Gasteiger partial charge in [0.05, 0.1) is 11.4 Å². The first kappa shape index (κ1) is 30.7. The molecule has 0 bridgehead atoms. The lowest BCUT2D eigenvalue weighted by Gasteiger charge is -2.15. The third kappa shape index (κ3) is 11.4. The highest BCUT2D eigenvalue weighted by Gasteiger charge is 2.27. The second kappa shape index (κ2) is 18.2. The first-order valence-corrected chi connectivity index (χ1v) is 12.4. The molecule has 0 amide bonds. The van der Waals surface area contributed by atoms with Crippen LogP contribution in [0.5, 0.6) is 0 Å². The Hall–Kier alpha value is -2.54. The molecule has 1 aromatic rings. The highest BCUT2D eigenvalue weighted by atomic mass is 32.2. The normalized spacial score (nSPS) is 12.9. The summed E-state index contributed by atoms with van der Waals surface area (Å²) in [5.74, 6) is -1.02. The van der Waals surface area contributed by atoms with Crippen molar-refractivity contribution in [3.63, 3.8) is 0 Å². The van der Waals surface area contributed by atoms with Gasteiger partial charge in [0, 0.05) is 6.21 Å². The van der Waals surface area contributed by atoms with Crippen molar-refractivity contribution < 1.29 is 12.9 Å². The molecule has 1 aliphatic rings. The molecule has 0 atom stereocenters. The lowest BCUT2D eigenvalue weighted by molar-refractivity contribution is 0.237. The fourth-order valence-electron chi connectivity index (χ4n) is 2.21. The van der Waals surface area contributed by atoms with Crippen LogP contribution in [0.25, 0.3) is 5.70 Å². The Morgan fingerprint density at radius 3 is 2.16 bits per heavy atom. The maximum absolute atomic E-state index is 14.6. The third-order valence-electron chi connectivity index (χ3n) is 3.41. The van der Waals surface area contributed by atoms with Gasteiger partial charge in [-0.05, 0) is 30.9 Å². The van der Waals surface area contributed by atoms with E-state index in [0.717, 1.165) is 12.8 Å². The van der Waals surface area contributed by atoms with Crippen LogP contribution >= 0.6 is 0 Å². The second-order valence-corrected chi connectivity index (χ2v) is 7.11. The quantitative estimate of drug-likeness (QED) is 0.275. The van der Waals surface area contributed by atoms with Gasteiger partial charge < -0.3 is 0 Å². The van der Waals surface area contributed by atoms with E-state index < -0.39 is 21.7 Å². The number of allylic oxidation sites excluding steroid dienone is 3. The molecule has 0 aliphatic heterocycles. The molecule has 0 N–H and O–H groups in total. The minimum atomic E-state index is -4.25. The van der Waals surface area contributed by atoms with Crippen LogP contribution in [0.15, 0.2) is 70.7 Å². The van der Waals surface area contributed by atoms with E-state index in [9.17, 15) is 12.9 Å². The molecular formula is C24H38FN3O2S. The number of aliphatic imine (C=N–C) groups is 2. The molecule has 1 aromatic carbocycles. The number of rotatable bonds is 5. The minimum Gasteiger partial charge on any atom is -0.223 e. The van der Waals surface area contributed by atoms with Gasteiger partial charge in [0.25, 0.3) is 16.0 Å². The van der Waals surface area contributed by atoms with Crippen molar-refractivity contribution in [3.05, 3.63) is 66.3 Å². The van der Waals surface area contributed by atoms with Gasteiger partial charge in [0.2, 0.25) is 0 Å². The summed E-state index contributed by atoms with van der Waals surface area (Å²) in [6.07, 6.45) is 8.22. The zero-order chi connectivity index (χ0) is 24.3. The Bertz CT molecular complexity index is 843. The average molecular weight is 452 g/mol. The molecule has 0 saturated carbocycles. The fraction of sp³-hybridized carbons (Fsp3) is 0.417. The summed E-state index contributed by atoms with van der Waals surface area (Å²) >= 11 is 0. The smallest absolute Gasteiger partial charge is 0.223 e. The molecule has 174 valence electrons. The van der Waals surface area contributed by atoms with Gasteiger partial charge in [-0.15, -0.1) is 0 Å². The van der Waals surface area contributed by atoms with Crippen LogP contribution in [0.4, 0.5) is 4.48 Å². The number of hydrogen-bond acceptors (Lipinski definition) is 3. The molecule has 0 aromatic heterocycles. The van der Waals surface area contributed by atoms with Crippen LogP contribution in [-0.2, 0) is 10.0 Å². The predicted octanol–water partition coefficient (Wildman–Crippen LogP) is 6.98. The van der Waals surface area contributed by atoms with Crippen LogP contribution in [0.2, 0.25) is 0 Å². The Labute approximate surface area is 188 Å². The van der Waals surface area contributed by atoms with Gasteiger partial charge in [0.15, 0.2) is 0 Å². The zero-order valence-corrected chi connectivity index (χ0v) is 20.8. The predicted molar refractivity (Wildman–Crippen MR) is 134 cm³/mol. The first-order chi connectivity index (χ1) is 14.9. The zero-order valence-electron chi connectivity index (χ0n) is 20.0. The summed E-state index contributed by atoms with van der Waals surface area (Å²) in [5.41, 5.74) is 1.42. The molecule has 31 heavy (non-hydrogen) atoms. The maximum Gasteiger partial charge on any atom is 0.270 e. The Morgan fingerprint density at radius 1 is 1.10 bits per heavy atom. The summed E-state index contributed by atoms with van der Waals surface area (Å²) in [6.45, 7) is 17.3. The van der Waals surface area contributed by atoms with Gasteiger partial charge in [-0.3, -0.25) is 0 Å². The number of guanidine groups is 1. The van der Waals surface area contributed by atoms with Crippen LogP contribution in [-0.4, -0.2) is 30.9 Å². The second-order valence-electron chi connectivity index (χ2n) is 5.34. The van der Waals surface area contributed by atoms with Crippen molar-refractivity contribution in [2.45, 2.75) is 61.3 Å². The SMILES string of the molecule is C=C(N=C(/N=C\C)N(F)S(=O)(=O)CC1=CCCC=C1)c1ccccc1.CC.CC.CC. The fourth-order valence-corrected chi connectivity index (χ4v) is 3.30. The van der Waals surface area contributed by atoms with E-state index in [1.165, 1.54) is 6.21 Å². The van der Waals surface area contributed by atoms with Gasteiger partial charge in [-0.1, -0.05) is 106 Å². The molecule has 0 radical (unpaired) electrons. The summed E-state index contributed by atoms with van der Waals surface area (Å²) in [4.78, 5) is 7.70. The van der Waals surface area contributed by atoms with Crippen molar-refractivity contribution in [1.29, 1.82) is 0 Å². The number of halogens is 1. The molecule has 0 fully saturated rings. The lowest BCUT2D eigenvalue weighted by Crippen LogP contribution is -2.31. The summed E-state index contributed by atoms with van der Waals surface area (Å²) in [6, 6.07) is 8.87. The maximum atomic E-state index is 14.6. The Kier molecular flexibility index (Phi) is 18.0. The van der Waals surface area contributed by atoms with E-state index in [4.69, 9.17) is 0 Å². The standard InChI is InChI=1S/C18H20FN3O2S.3C2H6/c1-3-20-18(21-15(2)17-12-8-5-9-13-17)22(19)25(23,24)14-16-10-6-4-7-11-16;3*1-2/h3,5-6,8-13H,2,4,7,14H2,1H3;3*1-2H3/b20-3-,21-18?;;;. The number of nitrogens with zero attached hydrogens (tertiary/aromatic N) is 3. The monoisotopic (exact) mass is 451 g/mol. The number of benzene rings is 1. The van der Waals surface area contributed by atoms with E-state index in [1.54, 1.807) is 43.3 Å². The van der Waals surface area contributed by atoms with Gasteiger partial charge in [-0.25, -0.2) is 18.4 Å². The first-order valence-electron chi connectivity index (χ1n) is 10.8. The minimum absolute atomic E-state index is 0.218. The van der Waals surface area contributed by atoms with Crippen LogP contribution in [0.1, 0.15) is 66.9 Å². The molecule has 7 heteroatoms. The van der Waals surface area contributed by atoms with E-state index in [2.05, 4.69) is 16.6 Å². The highest BCUT2D eigenvalue weighted by molar-refractivity contribution is 7.89. The average Bonchev–Trinajstić information content (AvgIpc) is 2.83. The van der Waals surface area contributed by atoms with Crippen LogP contribution in [0.3, 0.4) is 0 Å². The Morgan fingerprint density at radius 2 is 1.68 bits per heavy atom. The number of sulfonamides is 1. The van der Waals surface area contributed by atoms with Gasteiger partial charge in [-0.2, -0.15) is 0 Å². The molecule has 5 nitrogen and oxygen atoms in total. The van der Waals surface area contributed by atoms with Crippen molar-refractivity contribution >= 4 is 27.9 Å². The summed E-state index contributed by atoms with van der Waals surface area (Å²) in [5, 5.41) is 0. The van der Waals surface area contributed by atoms with Gasteiger partial charge >= 0.3 is 0 Å². The van der Waals surface area contributed by atoms with Crippen molar-refractivity contribution in [1.82, 2.24) is 4.53 Å². The van der Waals surface area contributed by atoms with Crippen molar-refractivity contribution in [3.8, 4) is 0 Å². The van der Waals surface area contributed by atoms with Crippen molar-refractivity contribution in [2.75, 3.05) is 5.75 Å². The van der Waals surface area contributed by atoms with Crippen LogP contribution < -0.4 is 0 Å². The summed E-state index contributed by atoms with van der Waals surface area (Å²) in [7, 11) is -4.25. The largest absolute Gasteiger partial charge is 0.270 e. The topological polar surface area (TPSA) is 62.1 Å². The molecule has 0 spiro atoms. The Balaban J connectivity index is 0. The van der Waals surface area contributed by atoms with E-state index >= 15 is 0 Å². The van der Waals surface area contributed by atoms with E-state index in [-0.39, 0.29) is 10.2 Å². The molecule has 1 aliphatic carbocycles. The van der Waals surface area contributed by atoms with Crippen LogP contribution in [0, 0.1) is 0 Å². The molecule has 0 heterocycles. The molecule has 2 rings (SSSR count). The van der Waals surface area contributed by atoms with Crippen molar-refractivity contribution in [2.24, 2.45) is 9.98 Å². The third-order valence-corrected chi connectivity index (χ3v) is 4.76. The lowest BCUT2D eigenvalue weighted by atomic mass is 10.1. The van der Waals surface area contributed by atoms with E-state index in [1.807, 2.05) is 53.7 Å². The molecular weight excluding hydrogens is 413 g/mol. The molecule has 0 unspecified atom stereocenters. The molecule has 0 saturated heterocycles. The van der Waals surface area contributed by atoms with E-state index in [0.29, 0.717) is 11.1 Å². The summed E-state index contributed by atoms with van der Waals surface area (Å²) < 4.78 is 38.8.